The number of benzene rings is 2. The smallest absolute Gasteiger partial charge is 0.256 e. The summed E-state index contributed by atoms with van der Waals surface area (Å²) >= 11 is 1.43. The lowest BCUT2D eigenvalue weighted by atomic mass is 10.1. The maximum Gasteiger partial charge on any atom is 0.256 e. The van der Waals surface area contributed by atoms with Crippen LogP contribution in [0.1, 0.15) is 29.6 Å². The van der Waals surface area contributed by atoms with Crippen LogP contribution in [0.25, 0.3) is 15.9 Å². The highest BCUT2D eigenvalue weighted by molar-refractivity contribution is 7.22. The second kappa shape index (κ2) is 8.07. The van der Waals surface area contributed by atoms with Gasteiger partial charge in [0.05, 0.1) is 39.9 Å². The van der Waals surface area contributed by atoms with Crippen molar-refractivity contribution in [3.05, 3.63) is 66.2 Å². The summed E-state index contributed by atoms with van der Waals surface area (Å²) in [5.74, 6) is -0.338. The minimum Gasteiger partial charge on any atom is -0.357 e. The summed E-state index contributed by atoms with van der Waals surface area (Å²) < 4.78 is 14.3. The molecule has 4 aromatic rings. The van der Waals surface area contributed by atoms with Crippen LogP contribution in [0.3, 0.4) is 0 Å². The lowest BCUT2D eigenvalue weighted by Crippen LogP contribution is -2.44. The van der Waals surface area contributed by atoms with Gasteiger partial charge in [-0.2, -0.15) is 15.0 Å². The van der Waals surface area contributed by atoms with E-state index in [-0.39, 0.29) is 23.8 Å². The first-order valence-electron chi connectivity index (χ1n) is 10.2. The van der Waals surface area contributed by atoms with E-state index >= 15 is 0 Å². The van der Waals surface area contributed by atoms with Gasteiger partial charge in [0.25, 0.3) is 5.91 Å². The van der Waals surface area contributed by atoms with Crippen LogP contribution in [0.15, 0.2) is 54.9 Å². The maximum absolute atomic E-state index is 13.5. The lowest BCUT2D eigenvalue weighted by molar-refractivity contribution is 0.0727. The van der Waals surface area contributed by atoms with Gasteiger partial charge in [0.15, 0.2) is 5.13 Å². The fraction of sp³-hybridized carbons (Fsp3) is 0.273. The molecule has 7 nitrogen and oxygen atoms in total. The molecule has 31 heavy (non-hydrogen) atoms. The predicted molar refractivity (Wildman–Crippen MR) is 118 cm³/mol. The second-order valence-electron chi connectivity index (χ2n) is 7.63. The summed E-state index contributed by atoms with van der Waals surface area (Å²) in [5, 5.41) is 12.6. The number of nitrogens with zero attached hydrogens (tertiary/aromatic N) is 5. The molecule has 1 saturated carbocycles. The van der Waals surface area contributed by atoms with Crippen molar-refractivity contribution in [2.45, 2.75) is 31.3 Å². The summed E-state index contributed by atoms with van der Waals surface area (Å²) in [4.78, 5) is 21.2. The number of rotatable bonds is 5. The monoisotopic (exact) mass is 436 g/mol. The van der Waals surface area contributed by atoms with Crippen LogP contribution in [-0.2, 0) is 0 Å². The van der Waals surface area contributed by atoms with Crippen molar-refractivity contribution in [3.8, 4) is 5.69 Å². The average Bonchev–Trinajstić information content (AvgIpc) is 3.53. The molecule has 158 valence electrons. The highest BCUT2D eigenvalue weighted by Gasteiger charge is 2.34. The van der Waals surface area contributed by atoms with Crippen molar-refractivity contribution in [2.75, 3.05) is 12.4 Å². The van der Waals surface area contributed by atoms with Gasteiger partial charge in [0.2, 0.25) is 0 Å². The minimum absolute atomic E-state index is 0.0230. The third-order valence-corrected chi connectivity index (χ3v) is 6.67. The maximum atomic E-state index is 13.5. The van der Waals surface area contributed by atoms with E-state index in [1.807, 2.05) is 25.2 Å². The topological polar surface area (TPSA) is 75.9 Å². The molecule has 1 aliphatic rings. The van der Waals surface area contributed by atoms with Crippen molar-refractivity contribution in [2.24, 2.45) is 0 Å². The van der Waals surface area contributed by atoms with Gasteiger partial charge >= 0.3 is 0 Å². The number of amides is 1. The molecule has 0 bridgehead atoms. The Bertz CT molecular complexity index is 1220. The van der Waals surface area contributed by atoms with Crippen molar-refractivity contribution in [3.63, 3.8) is 0 Å². The predicted octanol–water partition coefficient (Wildman–Crippen LogP) is 4.12. The van der Waals surface area contributed by atoms with Crippen LogP contribution in [0.4, 0.5) is 9.52 Å². The number of hydrogen-bond donors (Lipinski definition) is 1. The third kappa shape index (κ3) is 3.76. The SMILES string of the molecule is CN(C(=O)c1ccccc1-n1nccn1)[C@@H]1CCC[C@H]1Nc1nc2ccc(F)cc2s1. The highest BCUT2D eigenvalue weighted by Crippen LogP contribution is 2.32. The number of fused-ring (bicyclic) bond motifs is 1. The first kappa shape index (κ1) is 19.6. The molecule has 0 aliphatic heterocycles. The highest BCUT2D eigenvalue weighted by atomic mass is 32.1. The van der Waals surface area contributed by atoms with E-state index < -0.39 is 0 Å². The Hall–Kier alpha value is -3.33. The van der Waals surface area contributed by atoms with Crippen LogP contribution in [-0.4, -0.2) is 49.9 Å². The zero-order valence-electron chi connectivity index (χ0n) is 16.9. The third-order valence-electron chi connectivity index (χ3n) is 5.73. The molecule has 0 unspecified atom stereocenters. The van der Waals surface area contributed by atoms with E-state index in [1.165, 1.54) is 28.3 Å². The summed E-state index contributed by atoms with van der Waals surface area (Å²) in [6.07, 6.45) is 6.04. The van der Waals surface area contributed by atoms with Gasteiger partial charge in [0, 0.05) is 13.1 Å². The summed E-state index contributed by atoms with van der Waals surface area (Å²) in [5.41, 5.74) is 1.98. The lowest BCUT2D eigenvalue weighted by Gasteiger charge is -2.30. The molecule has 0 saturated heterocycles. The average molecular weight is 437 g/mol. The molecular weight excluding hydrogens is 415 g/mol. The molecule has 1 N–H and O–H groups in total. The molecule has 5 rings (SSSR count). The second-order valence-corrected chi connectivity index (χ2v) is 8.66. The number of anilines is 1. The first-order valence-corrected chi connectivity index (χ1v) is 11.0. The summed E-state index contributed by atoms with van der Waals surface area (Å²) in [7, 11) is 1.84. The van der Waals surface area contributed by atoms with E-state index in [0.29, 0.717) is 11.3 Å². The Morgan fingerprint density at radius 1 is 1.19 bits per heavy atom. The Morgan fingerprint density at radius 3 is 2.84 bits per heavy atom. The first-order chi connectivity index (χ1) is 15.1. The van der Waals surface area contributed by atoms with Crippen LogP contribution >= 0.6 is 11.3 Å². The van der Waals surface area contributed by atoms with Crippen LogP contribution in [0.5, 0.6) is 0 Å². The molecule has 2 aromatic carbocycles. The number of hydrogen-bond acceptors (Lipinski definition) is 6. The minimum atomic E-state index is -0.267. The summed E-state index contributed by atoms with van der Waals surface area (Å²) in [6, 6.07) is 12.1. The Morgan fingerprint density at radius 2 is 2.00 bits per heavy atom. The van der Waals surface area contributed by atoms with Crippen LogP contribution in [0, 0.1) is 5.82 Å². The molecule has 2 heterocycles. The van der Waals surface area contributed by atoms with E-state index in [4.69, 9.17) is 0 Å². The standard InChI is InChI=1S/C22H21FN6OS/c1-28(21(30)15-5-2-3-7-18(15)29-24-11-12-25-29)19-8-4-6-16(19)26-22-27-17-10-9-14(23)13-20(17)31-22/h2-3,5,7,9-13,16,19H,4,6,8H2,1H3,(H,26,27)/t16-,19-/m1/s1. The van der Waals surface area contributed by atoms with Crippen molar-refractivity contribution >= 4 is 32.6 Å². The Kier molecular flexibility index (Phi) is 5.11. The molecule has 9 heteroatoms. The van der Waals surface area contributed by atoms with Gasteiger partial charge in [-0.3, -0.25) is 4.79 Å². The molecule has 1 amide bonds. The number of para-hydroxylation sites is 1. The van der Waals surface area contributed by atoms with Crippen LogP contribution in [0.2, 0.25) is 0 Å². The van der Waals surface area contributed by atoms with Crippen LogP contribution < -0.4 is 5.32 Å². The number of carbonyl (C=O) groups is 1. The molecule has 1 fully saturated rings. The van der Waals surface area contributed by atoms with Gasteiger partial charge in [-0.15, -0.1) is 0 Å². The summed E-state index contributed by atoms with van der Waals surface area (Å²) in [6.45, 7) is 0. The molecule has 0 radical (unpaired) electrons. The quantitative estimate of drug-likeness (QED) is 0.509. The largest absolute Gasteiger partial charge is 0.357 e. The van der Waals surface area contributed by atoms with E-state index in [1.54, 1.807) is 29.4 Å². The zero-order valence-corrected chi connectivity index (χ0v) is 17.7. The Labute approximate surface area is 182 Å². The van der Waals surface area contributed by atoms with Gasteiger partial charge in [-0.1, -0.05) is 23.5 Å². The van der Waals surface area contributed by atoms with E-state index in [9.17, 15) is 9.18 Å². The van der Waals surface area contributed by atoms with Gasteiger partial charge in [-0.05, 0) is 49.6 Å². The number of aromatic nitrogens is 4. The fourth-order valence-electron chi connectivity index (χ4n) is 4.20. The van der Waals surface area contributed by atoms with Gasteiger partial charge in [-0.25, -0.2) is 9.37 Å². The molecule has 2 aromatic heterocycles. The zero-order chi connectivity index (χ0) is 21.4. The molecular formula is C22H21FN6OS. The number of halogens is 1. The van der Waals surface area contributed by atoms with E-state index in [0.717, 1.165) is 34.6 Å². The number of thiazole rings is 1. The molecule has 1 aliphatic carbocycles. The van der Waals surface area contributed by atoms with Crippen molar-refractivity contribution < 1.29 is 9.18 Å². The molecule has 0 spiro atoms. The van der Waals surface area contributed by atoms with Gasteiger partial charge < -0.3 is 10.2 Å². The Balaban J connectivity index is 1.37. The molecule has 2 atom stereocenters. The number of nitrogens with one attached hydrogen (secondary N) is 1. The fourth-order valence-corrected chi connectivity index (χ4v) is 5.15. The van der Waals surface area contributed by atoms with Gasteiger partial charge in [0.1, 0.15) is 5.82 Å². The van der Waals surface area contributed by atoms with Crippen molar-refractivity contribution in [1.82, 2.24) is 24.9 Å². The van der Waals surface area contributed by atoms with Crippen molar-refractivity contribution in [1.29, 1.82) is 0 Å². The number of likely N-dealkylation sites (N-methyl/N-ethyl adjacent to an activating group) is 1. The number of carbonyl (C=O) groups excluding carboxylic acids is 1. The normalized spacial score (nSPS) is 18.4. The van der Waals surface area contributed by atoms with E-state index in [2.05, 4.69) is 20.5 Å².